The Morgan fingerprint density at radius 2 is 2.00 bits per heavy atom. The SMILES string of the molecule is CCCC(C)CC(CCO)OC. The minimum atomic E-state index is 0.233. The van der Waals surface area contributed by atoms with Crippen molar-refractivity contribution >= 4 is 0 Å². The lowest BCUT2D eigenvalue weighted by atomic mass is 9.97. The maximum Gasteiger partial charge on any atom is 0.0595 e. The molecule has 2 unspecified atom stereocenters. The van der Waals surface area contributed by atoms with Crippen molar-refractivity contribution in [2.75, 3.05) is 13.7 Å². The molecule has 0 fully saturated rings. The minimum Gasteiger partial charge on any atom is -0.396 e. The number of hydrogen-bond donors (Lipinski definition) is 1. The van der Waals surface area contributed by atoms with E-state index in [1.54, 1.807) is 7.11 Å². The van der Waals surface area contributed by atoms with E-state index >= 15 is 0 Å². The molecule has 0 aliphatic carbocycles. The van der Waals surface area contributed by atoms with Gasteiger partial charge < -0.3 is 9.84 Å². The summed E-state index contributed by atoms with van der Waals surface area (Å²) in [6, 6.07) is 0. The zero-order valence-corrected chi connectivity index (χ0v) is 8.55. The molecule has 0 heterocycles. The Balaban J connectivity index is 3.53. The van der Waals surface area contributed by atoms with Gasteiger partial charge in [0.1, 0.15) is 0 Å². The van der Waals surface area contributed by atoms with Crippen molar-refractivity contribution in [1.29, 1.82) is 0 Å². The number of aliphatic hydroxyl groups is 1. The van der Waals surface area contributed by atoms with Crippen molar-refractivity contribution in [1.82, 2.24) is 0 Å². The first kappa shape index (κ1) is 11.9. The van der Waals surface area contributed by atoms with Crippen LogP contribution in [-0.2, 0) is 4.74 Å². The Morgan fingerprint density at radius 3 is 2.42 bits per heavy atom. The quantitative estimate of drug-likeness (QED) is 0.641. The van der Waals surface area contributed by atoms with Crippen LogP contribution in [0.15, 0.2) is 0 Å². The Kier molecular flexibility index (Phi) is 7.51. The van der Waals surface area contributed by atoms with Crippen molar-refractivity contribution in [2.45, 2.75) is 45.6 Å². The van der Waals surface area contributed by atoms with Crippen LogP contribution in [0.25, 0.3) is 0 Å². The highest BCUT2D eigenvalue weighted by molar-refractivity contribution is 4.62. The summed E-state index contributed by atoms with van der Waals surface area (Å²) in [6.45, 7) is 4.68. The molecule has 0 aromatic rings. The summed E-state index contributed by atoms with van der Waals surface area (Å²) in [4.78, 5) is 0. The van der Waals surface area contributed by atoms with E-state index in [0.29, 0.717) is 5.92 Å². The number of aliphatic hydroxyl groups excluding tert-OH is 1. The lowest BCUT2D eigenvalue weighted by Crippen LogP contribution is -2.16. The second-order valence-electron chi connectivity index (χ2n) is 3.50. The predicted octanol–water partition coefficient (Wildman–Crippen LogP) is 2.21. The maximum atomic E-state index is 8.73. The van der Waals surface area contributed by atoms with E-state index in [-0.39, 0.29) is 12.7 Å². The van der Waals surface area contributed by atoms with Gasteiger partial charge in [0.05, 0.1) is 6.10 Å². The number of methoxy groups -OCH3 is 1. The highest BCUT2D eigenvalue weighted by atomic mass is 16.5. The summed E-state index contributed by atoms with van der Waals surface area (Å²) < 4.78 is 5.25. The topological polar surface area (TPSA) is 29.5 Å². The van der Waals surface area contributed by atoms with Crippen molar-refractivity contribution in [3.05, 3.63) is 0 Å². The number of hydrogen-bond acceptors (Lipinski definition) is 2. The monoisotopic (exact) mass is 174 g/mol. The van der Waals surface area contributed by atoms with E-state index in [0.717, 1.165) is 12.8 Å². The molecule has 0 saturated carbocycles. The van der Waals surface area contributed by atoms with Gasteiger partial charge in [-0.3, -0.25) is 0 Å². The Hall–Kier alpha value is -0.0800. The van der Waals surface area contributed by atoms with Crippen LogP contribution in [0.1, 0.15) is 39.5 Å². The molecule has 0 aliphatic heterocycles. The van der Waals surface area contributed by atoms with Gasteiger partial charge in [0.2, 0.25) is 0 Å². The third-order valence-electron chi connectivity index (χ3n) is 2.23. The predicted molar refractivity (Wildman–Crippen MR) is 51.2 cm³/mol. The van der Waals surface area contributed by atoms with E-state index < -0.39 is 0 Å². The van der Waals surface area contributed by atoms with Gasteiger partial charge in [0.15, 0.2) is 0 Å². The van der Waals surface area contributed by atoms with Gasteiger partial charge in [-0.15, -0.1) is 0 Å². The fourth-order valence-electron chi connectivity index (χ4n) is 1.54. The molecule has 0 spiro atoms. The highest BCUT2D eigenvalue weighted by Gasteiger charge is 2.10. The maximum absolute atomic E-state index is 8.73. The van der Waals surface area contributed by atoms with Crippen LogP contribution in [0.2, 0.25) is 0 Å². The molecule has 0 rings (SSSR count). The lowest BCUT2D eigenvalue weighted by molar-refractivity contribution is 0.0590. The molecule has 0 radical (unpaired) electrons. The fraction of sp³-hybridized carbons (Fsp3) is 1.00. The highest BCUT2D eigenvalue weighted by Crippen LogP contribution is 2.15. The lowest BCUT2D eigenvalue weighted by Gasteiger charge is -2.18. The van der Waals surface area contributed by atoms with Gasteiger partial charge in [-0.25, -0.2) is 0 Å². The molecule has 12 heavy (non-hydrogen) atoms. The van der Waals surface area contributed by atoms with Crippen LogP contribution in [0.5, 0.6) is 0 Å². The third kappa shape index (κ3) is 5.56. The second-order valence-corrected chi connectivity index (χ2v) is 3.50. The number of rotatable bonds is 7. The number of ether oxygens (including phenoxy) is 1. The largest absolute Gasteiger partial charge is 0.396 e. The van der Waals surface area contributed by atoms with Crippen molar-refractivity contribution in [2.24, 2.45) is 5.92 Å². The van der Waals surface area contributed by atoms with Crippen LogP contribution in [0.4, 0.5) is 0 Å². The molecule has 2 heteroatoms. The third-order valence-corrected chi connectivity index (χ3v) is 2.23. The zero-order valence-electron chi connectivity index (χ0n) is 8.55. The van der Waals surface area contributed by atoms with Crippen LogP contribution in [0, 0.1) is 5.92 Å². The Bertz CT molecular complexity index is 93.8. The molecule has 74 valence electrons. The van der Waals surface area contributed by atoms with Crippen molar-refractivity contribution < 1.29 is 9.84 Å². The van der Waals surface area contributed by atoms with E-state index in [2.05, 4.69) is 13.8 Å². The molecule has 1 N–H and O–H groups in total. The Morgan fingerprint density at radius 1 is 1.33 bits per heavy atom. The smallest absolute Gasteiger partial charge is 0.0595 e. The van der Waals surface area contributed by atoms with Gasteiger partial charge >= 0.3 is 0 Å². The van der Waals surface area contributed by atoms with Crippen LogP contribution < -0.4 is 0 Å². The van der Waals surface area contributed by atoms with Crippen molar-refractivity contribution in [3.8, 4) is 0 Å². The zero-order chi connectivity index (χ0) is 9.40. The molecule has 2 nitrogen and oxygen atoms in total. The normalized spacial score (nSPS) is 16.0. The molecular formula is C10H22O2. The fourth-order valence-corrected chi connectivity index (χ4v) is 1.54. The van der Waals surface area contributed by atoms with Crippen LogP contribution in [-0.4, -0.2) is 24.9 Å². The molecule has 0 saturated heterocycles. The summed E-state index contributed by atoms with van der Waals surface area (Å²) in [6.07, 6.45) is 4.58. The second kappa shape index (κ2) is 7.56. The average molecular weight is 174 g/mol. The minimum absolute atomic E-state index is 0.233. The van der Waals surface area contributed by atoms with Crippen LogP contribution >= 0.6 is 0 Å². The Labute approximate surface area is 75.9 Å². The van der Waals surface area contributed by atoms with Crippen molar-refractivity contribution in [3.63, 3.8) is 0 Å². The van der Waals surface area contributed by atoms with Gasteiger partial charge in [0.25, 0.3) is 0 Å². The van der Waals surface area contributed by atoms with E-state index in [1.165, 1.54) is 12.8 Å². The first-order chi connectivity index (χ1) is 5.74. The molecule has 2 atom stereocenters. The standard InChI is InChI=1S/C10H22O2/c1-4-5-9(2)8-10(12-3)6-7-11/h9-11H,4-8H2,1-3H3. The summed E-state index contributed by atoms with van der Waals surface area (Å²) in [5.41, 5.74) is 0. The summed E-state index contributed by atoms with van der Waals surface area (Å²) in [5.74, 6) is 0.714. The van der Waals surface area contributed by atoms with Gasteiger partial charge in [-0.1, -0.05) is 26.7 Å². The summed E-state index contributed by atoms with van der Waals surface area (Å²) >= 11 is 0. The molecule has 0 bridgehead atoms. The first-order valence-corrected chi connectivity index (χ1v) is 4.88. The molecular weight excluding hydrogens is 152 g/mol. The van der Waals surface area contributed by atoms with E-state index in [4.69, 9.17) is 9.84 Å². The summed E-state index contributed by atoms with van der Waals surface area (Å²) in [5, 5.41) is 8.73. The molecule has 0 aromatic carbocycles. The first-order valence-electron chi connectivity index (χ1n) is 4.88. The van der Waals surface area contributed by atoms with Gasteiger partial charge in [-0.05, 0) is 18.8 Å². The molecule has 0 aliphatic rings. The summed E-state index contributed by atoms with van der Waals surface area (Å²) in [7, 11) is 1.72. The molecule has 0 aromatic heterocycles. The van der Waals surface area contributed by atoms with Gasteiger partial charge in [0, 0.05) is 13.7 Å². The van der Waals surface area contributed by atoms with E-state index in [9.17, 15) is 0 Å². The van der Waals surface area contributed by atoms with Crippen LogP contribution in [0.3, 0.4) is 0 Å². The van der Waals surface area contributed by atoms with Gasteiger partial charge in [-0.2, -0.15) is 0 Å². The molecule has 0 amide bonds. The van der Waals surface area contributed by atoms with E-state index in [1.807, 2.05) is 0 Å². The average Bonchev–Trinajstić information content (AvgIpc) is 2.04.